The molecule has 0 N–H and O–H groups in total. The van der Waals surface area contributed by atoms with E-state index in [2.05, 4.69) is 27.7 Å². The summed E-state index contributed by atoms with van der Waals surface area (Å²) in [7, 11) is 0. The normalized spacial score (nSPS) is 14.4. The first-order chi connectivity index (χ1) is 12.0. The Morgan fingerprint density at radius 1 is 0.840 bits per heavy atom. The average molecular weight is 381 g/mol. The summed E-state index contributed by atoms with van der Waals surface area (Å²) in [5.74, 6) is 0.465. The van der Waals surface area contributed by atoms with Gasteiger partial charge in [0.15, 0.2) is 10.1 Å². The van der Waals surface area contributed by atoms with Crippen LogP contribution < -0.4 is 0 Å². The summed E-state index contributed by atoms with van der Waals surface area (Å²) in [5, 5.41) is 1.21. The molecule has 4 heteroatoms. The number of hydrogen-bond donors (Lipinski definition) is 0. The molecule has 1 aromatic rings. The van der Waals surface area contributed by atoms with Crippen LogP contribution in [0.2, 0.25) is 0 Å². The highest BCUT2D eigenvalue weighted by atomic mass is 32.1. The van der Waals surface area contributed by atoms with E-state index in [4.69, 9.17) is 33.9 Å². The van der Waals surface area contributed by atoms with Crippen LogP contribution in [0.3, 0.4) is 0 Å². The van der Waals surface area contributed by atoms with Crippen molar-refractivity contribution < 1.29 is 9.47 Å². The van der Waals surface area contributed by atoms with Gasteiger partial charge in [0.05, 0.1) is 0 Å². The molecule has 0 bridgehead atoms. The molecule has 2 atom stereocenters. The van der Waals surface area contributed by atoms with Gasteiger partial charge in [0.25, 0.3) is 6.29 Å². The lowest BCUT2D eigenvalue weighted by Gasteiger charge is -2.25. The van der Waals surface area contributed by atoms with Crippen LogP contribution in [0.1, 0.15) is 78.1 Å². The monoisotopic (exact) mass is 380 g/mol. The predicted molar refractivity (Wildman–Crippen MR) is 114 cm³/mol. The van der Waals surface area contributed by atoms with E-state index in [1.807, 2.05) is 30.3 Å². The first-order valence-electron chi connectivity index (χ1n) is 9.45. The topological polar surface area (TPSA) is 18.5 Å². The number of unbranched alkanes of at least 4 members (excludes halogenated alkanes) is 2. The van der Waals surface area contributed by atoms with Crippen LogP contribution >= 0.6 is 24.4 Å². The minimum absolute atomic E-state index is 0.232. The highest BCUT2D eigenvalue weighted by Gasteiger charge is 2.22. The predicted octanol–water partition coefficient (Wildman–Crippen LogP) is 7.03. The van der Waals surface area contributed by atoms with Gasteiger partial charge in [0, 0.05) is 17.4 Å². The maximum atomic E-state index is 6.04. The van der Waals surface area contributed by atoms with Crippen molar-refractivity contribution in [1.82, 2.24) is 0 Å². The third-order valence-electron chi connectivity index (χ3n) is 4.30. The summed E-state index contributed by atoms with van der Waals surface area (Å²) in [6, 6.07) is 9.90. The Morgan fingerprint density at radius 2 is 1.28 bits per heavy atom. The molecule has 0 aliphatic carbocycles. The summed E-state index contributed by atoms with van der Waals surface area (Å²) in [6.45, 7) is 8.59. The quantitative estimate of drug-likeness (QED) is 0.303. The van der Waals surface area contributed by atoms with Gasteiger partial charge < -0.3 is 9.47 Å². The molecule has 1 rings (SSSR count). The van der Waals surface area contributed by atoms with Crippen molar-refractivity contribution in [2.45, 2.75) is 72.5 Å². The maximum absolute atomic E-state index is 6.04. The van der Waals surface area contributed by atoms with Gasteiger partial charge in [-0.3, -0.25) is 0 Å². The molecule has 0 saturated heterocycles. The van der Waals surface area contributed by atoms with Crippen molar-refractivity contribution in [3.05, 3.63) is 35.9 Å². The van der Waals surface area contributed by atoms with E-state index >= 15 is 0 Å². The van der Waals surface area contributed by atoms with E-state index in [0.717, 1.165) is 44.1 Å². The second-order valence-electron chi connectivity index (χ2n) is 6.70. The zero-order chi connectivity index (χ0) is 18.7. The Kier molecular flexibility index (Phi) is 10.9. The minimum Gasteiger partial charge on any atom is -0.444 e. The Balaban J connectivity index is 2.77. The first kappa shape index (κ1) is 22.0. The van der Waals surface area contributed by atoms with Crippen LogP contribution in [-0.4, -0.2) is 10.1 Å². The van der Waals surface area contributed by atoms with Crippen molar-refractivity contribution in [2.75, 3.05) is 0 Å². The fourth-order valence-electron chi connectivity index (χ4n) is 2.47. The molecular formula is C21H32O2S2. The number of hydrogen-bond acceptors (Lipinski definition) is 4. The van der Waals surface area contributed by atoms with Crippen molar-refractivity contribution in [2.24, 2.45) is 11.8 Å². The third kappa shape index (κ3) is 8.28. The number of rotatable bonds is 11. The van der Waals surface area contributed by atoms with Gasteiger partial charge in [-0.25, -0.2) is 0 Å². The average Bonchev–Trinajstić information content (AvgIpc) is 2.63. The smallest absolute Gasteiger partial charge is 0.268 e. The van der Waals surface area contributed by atoms with Crippen molar-refractivity contribution in [1.29, 1.82) is 0 Å². The third-order valence-corrected chi connectivity index (χ3v) is 5.30. The van der Waals surface area contributed by atoms with E-state index in [1.54, 1.807) is 0 Å². The molecule has 140 valence electrons. The lowest BCUT2D eigenvalue weighted by molar-refractivity contribution is -0.0213. The molecule has 0 fully saturated rings. The molecule has 0 radical (unpaired) electrons. The van der Waals surface area contributed by atoms with Gasteiger partial charge in [0.2, 0.25) is 0 Å². The lowest BCUT2D eigenvalue weighted by atomic mass is 10.1. The van der Waals surface area contributed by atoms with Gasteiger partial charge in [-0.15, -0.1) is 0 Å². The van der Waals surface area contributed by atoms with Crippen LogP contribution in [0.25, 0.3) is 0 Å². The Hall–Kier alpha value is -1.00. The van der Waals surface area contributed by atoms with Crippen molar-refractivity contribution in [3.63, 3.8) is 0 Å². The highest BCUT2D eigenvalue weighted by Crippen LogP contribution is 2.25. The first-order valence-corrected chi connectivity index (χ1v) is 10.3. The standard InChI is InChI=1S/C21H32O2S2/c1-5-7-12-16(3)20(24)22-19(18-14-10-9-11-15-18)23-21(25)17(4)13-8-6-2/h9-11,14-17,19H,5-8,12-13H2,1-4H3. The second kappa shape index (κ2) is 12.4. The molecule has 0 saturated carbocycles. The van der Waals surface area contributed by atoms with E-state index in [0.29, 0.717) is 10.1 Å². The fourth-order valence-corrected chi connectivity index (χ4v) is 2.88. The van der Waals surface area contributed by atoms with Crippen LogP contribution in [-0.2, 0) is 9.47 Å². The summed E-state index contributed by atoms with van der Waals surface area (Å²) in [6.07, 6.45) is 6.12. The lowest BCUT2D eigenvalue weighted by Crippen LogP contribution is -2.23. The van der Waals surface area contributed by atoms with Crippen molar-refractivity contribution in [3.8, 4) is 0 Å². The van der Waals surface area contributed by atoms with Gasteiger partial charge in [-0.2, -0.15) is 0 Å². The molecular weight excluding hydrogens is 348 g/mol. The maximum Gasteiger partial charge on any atom is 0.268 e. The SMILES string of the molecule is CCCCC(C)C(=S)OC(OC(=S)C(C)CCCC)c1ccccc1. The molecule has 0 spiro atoms. The van der Waals surface area contributed by atoms with E-state index < -0.39 is 6.29 Å². The zero-order valence-corrected chi connectivity index (χ0v) is 17.6. The van der Waals surface area contributed by atoms with Gasteiger partial charge >= 0.3 is 0 Å². The molecule has 2 unspecified atom stereocenters. The van der Waals surface area contributed by atoms with Gasteiger partial charge in [-0.1, -0.05) is 83.7 Å². The molecule has 25 heavy (non-hydrogen) atoms. The number of thiocarbonyl (C=S) groups is 2. The summed E-state index contributed by atoms with van der Waals surface area (Å²) in [4.78, 5) is 0. The summed E-state index contributed by atoms with van der Waals surface area (Å²) < 4.78 is 12.1. The van der Waals surface area contributed by atoms with Crippen LogP contribution in [0.5, 0.6) is 0 Å². The number of ether oxygens (including phenoxy) is 2. The molecule has 0 aromatic heterocycles. The fraction of sp³-hybridized carbons (Fsp3) is 0.619. The van der Waals surface area contributed by atoms with Crippen LogP contribution in [0, 0.1) is 11.8 Å². The molecule has 1 aromatic carbocycles. The van der Waals surface area contributed by atoms with Crippen LogP contribution in [0.4, 0.5) is 0 Å². The van der Waals surface area contributed by atoms with Crippen LogP contribution in [0.15, 0.2) is 30.3 Å². The summed E-state index contributed by atoms with van der Waals surface area (Å²) >= 11 is 11.0. The Morgan fingerprint density at radius 3 is 1.68 bits per heavy atom. The molecule has 2 nitrogen and oxygen atoms in total. The van der Waals surface area contributed by atoms with E-state index in [9.17, 15) is 0 Å². The Bertz CT molecular complexity index is 488. The number of benzene rings is 1. The molecule has 0 aliphatic heterocycles. The van der Waals surface area contributed by atoms with E-state index in [-0.39, 0.29) is 11.8 Å². The molecule has 0 amide bonds. The Labute approximate surface area is 164 Å². The molecule has 0 aliphatic rings. The summed E-state index contributed by atoms with van der Waals surface area (Å²) in [5.41, 5.74) is 0.942. The zero-order valence-electron chi connectivity index (χ0n) is 16.0. The van der Waals surface area contributed by atoms with Gasteiger partial charge in [-0.05, 0) is 37.3 Å². The second-order valence-corrected chi connectivity index (χ2v) is 7.51. The largest absolute Gasteiger partial charge is 0.444 e. The van der Waals surface area contributed by atoms with Gasteiger partial charge in [0.1, 0.15) is 0 Å². The molecule has 0 heterocycles. The van der Waals surface area contributed by atoms with E-state index in [1.165, 1.54) is 0 Å². The highest BCUT2D eigenvalue weighted by molar-refractivity contribution is 7.80. The van der Waals surface area contributed by atoms with Crippen molar-refractivity contribution >= 4 is 34.5 Å². The minimum atomic E-state index is -0.561.